The third kappa shape index (κ3) is 5.14. The van der Waals surface area contributed by atoms with Gasteiger partial charge in [0.25, 0.3) is 0 Å². The zero-order chi connectivity index (χ0) is 22.7. The molecular weight excluding hydrogens is 428 g/mol. The molecule has 2 aromatic rings. The van der Waals surface area contributed by atoms with E-state index in [1.807, 2.05) is 14.1 Å². The first-order valence-electron chi connectivity index (χ1n) is 9.76. The number of benzene rings is 2. The first kappa shape index (κ1) is 23.0. The van der Waals surface area contributed by atoms with Crippen molar-refractivity contribution in [3.8, 4) is 0 Å². The smallest absolute Gasteiger partial charge is 0.337 e. The van der Waals surface area contributed by atoms with Crippen LogP contribution in [0.5, 0.6) is 0 Å². The second-order valence-corrected chi connectivity index (χ2v) is 8.02. The van der Waals surface area contributed by atoms with E-state index in [1.165, 1.54) is 42.3 Å². The molecule has 0 N–H and O–H groups in total. The Hall–Kier alpha value is -2.71. The van der Waals surface area contributed by atoms with Crippen LogP contribution in [-0.4, -0.2) is 62.1 Å². The minimum atomic E-state index is -0.657. The van der Waals surface area contributed by atoms with Crippen molar-refractivity contribution in [1.82, 2.24) is 9.80 Å². The van der Waals surface area contributed by atoms with Crippen LogP contribution in [0.1, 0.15) is 22.3 Å². The van der Waals surface area contributed by atoms with E-state index in [-0.39, 0.29) is 34.8 Å². The van der Waals surface area contributed by atoms with E-state index < -0.39 is 17.6 Å². The van der Waals surface area contributed by atoms with Gasteiger partial charge in [-0.1, -0.05) is 17.7 Å². The molecule has 1 fully saturated rings. The number of likely N-dealkylation sites (N-methyl/N-ethyl adjacent to an activating group) is 1. The number of ether oxygens (including phenoxy) is 1. The molecule has 0 bridgehead atoms. The van der Waals surface area contributed by atoms with Crippen LogP contribution in [0.25, 0.3) is 0 Å². The molecule has 0 spiro atoms. The fourth-order valence-corrected chi connectivity index (χ4v) is 3.70. The van der Waals surface area contributed by atoms with E-state index in [9.17, 15) is 18.4 Å². The van der Waals surface area contributed by atoms with Crippen LogP contribution in [0.4, 0.5) is 19.3 Å². The topological polar surface area (TPSA) is 53.1 Å². The maximum atomic E-state index is 14.7. The molecule has 1 heterocycles. The molecule has 9 heteroatoms. The molecule has 1 aliphatic heterocycles. The minimum absolute atomic E-state index is 0.0693. The Balaban J connectivity index is 1.92. The lowest BCUT2D eigenvalue weighted by Crippen LogP contribution is -2.43. The van der Waals surface area contributed by atoms with Crippen molar-refractivity contribution in [2.75, 3.05) is 39.2 Å². The number of hydrogen-bond donors (Lipinski definition) is 0. The first-order valence-corrected chi connectivity index (χ1v) is 10.1. The molecule has 6 nitrogen and oxygen atoms in total. The molecular formula is C22H24ClF2N3O3. The number of amides is 2. The fraction of sp³-hybridized carbons (Fsp3) is 0.364. The Morgan fingerprint density at radius 1 is 1.16 bits per heavy atom. The lowest BCUT2D eigenvalue weighted by molar-refractivity contribution is 0.0600. The van der Waals surface area contributed by atoms with Gasteiger partial charge in [-0.2, -0.15) is 0 Å². The highest BCUT2D eigenvalue weighted by Gasteiger charge is 2.31. The monoisotopic (exact) mass is 451 g/mol. The molecule has 0 radical (unpaired) electrons. The summed E-state index contributed by atoms with van der Waals surface area (Å²) in [5, 5.41) is -0.135. The fourth-order valence-electron chi connectivity index (χ4n) is 3.52. The largest absolute Gasteiger partial charge is 0.465 e. The first-order chi connectivity index (χ1) is 14.7. The van der Waals surface area contributed by atoms with Gasteiger partial charge in [0.05, 0.1) is 24.2 Å². The molecule has 0 aliphatic carbocycles. The van der Waals surface area contributed by atoms with E-state index in [2.05, 4.69) is 9.64 Å². The summed E-state index contributed by atoms with van der Waals surface area (Å²) < 4.78 is 33.0. The number of carbonyl (C=O) groups is 2. The molecule has 1 aliphatic rings. The number of nitrogens with zero attached hydrogens (tertiary/aromatic N) is 3. The van der Waals surface area contributed by atoms with Crippen LogP contribution in [0, 0.1) is 11.6 Å². The molecule has 2 amide bonds. The summed E-state index contributed by atoms with van der Waals surface area (Å²) in [6, 6.07) is 7.76. The molecule has 0 unspecified atom stereocenters. The summed E-state index contributed by atoms with van der Waals surface area (Å²) in [6.45, 7) is 0.967. The molecule has 1 atom stereocenters. The predicted octanol–water partition coefficient (Wildman–Crippen LogP) is 4.17. The van der Waals surface area contributed by atoms with Crippen molar-refractivity contribution >= 4 is 29.3 Å². The second-order valence-electron chi connectivity index (χ2n) is 7.62. The summed E-state index contributed by atoms with van der Waals surface area (Å²) in [5.74, 6) is -1.92. The number of halogens is 3. The Morgan fingerprint density at radius 3 is 2.48 bits per heavy atom. The van der Waals surface area contributed by atoms with Crippen molar-refractivity contribution in [2.45, 2.75) is 19.0 Å². The lowest BCUT2D eigenvalue weighted by atomic mass is 10.1. The van der Waals surface area contributed by atoms with Gasteiger partial charge >= 0.3 is 12.0 Å². The standard InChI is InChI=1S/C22H24ClF2N3O3/c1-26(2)17-8-9-27(13-17)22(30)28(16-6-7-19(24)18(23)11-16)12-15-5-4-14(10-20(15)25)21(29)31-3/h4-7,10-11,17H,8-9,12-13H2,1-3H3/t17-/m0/s1. The molecule has 0 saturated carbocycles. The Labute approximate surface area is 184 Å². The Morgan fingerprint density at radius 2 is 1.90 bits per heavy atom. The second kappa shape index (κ2) is 9.62. The van der Waals surface area contributed by atoms with E-state index >= 15 is 0 Å². The summed E-state index contributed by atoms with van der Waals surface area (Å²) in [5.41, 5.74) is 0.616. The number of carbonyl (C=O) groups excluding carboxylic acids is 2. The molecule has 1 saturated heterocycles. The van der Waals surface area contributed by atoms with Crippen molar-refractivity contribution in [3.63, 3.8) is 0 Å². The van der Waals surface area contributed by atoms with Gasteiger partial charge in [0.2, 0.25) is 0 Å². The van der Waals surface area contributed by atoms with Gasteiger partial charge in [-0.25, -0.2) is 18.4 Å². The van der Waals surface area contributed by atoms with Crippen molar-refractivity contribution in [2.24, 2.45) is 0 Å². The number of rotatable bonds is 5. The number of likely N-dealkylation sites (tertiary alicyclic amines) is 1. The maximum Gasteiger partial charge on any atom is 0.337 e. The quantitative estimate of drug-likeness (QED) is 0.640. The Kier molecular flexibility index (Phi) is 7.12. The van der Waals surface area contributed by atoms with Crippen LogP contribution in [-0.2, 0) is 11.3 Å². The molecule has 3 rings (SSSR count). The summed E-state index contributed by atoms with van der Waals surface area (Å²) in [4.78, 5) is 30.1. The van der Waals surface area contributed by atoms with Crippen LogP contribution in [0.2, 0.25) is 5.02 Å². The maximum absolute atomic E-state index is 14.7. The zero-order valence-electron chi connectivity index (χ0n) is 17.6. The van der Waals surface area contributed by atoms with E-state index in [0.717, 1.165) is 12.5 Å². The number of anilines is 1. The third-order valence-electron chi connectivity index (χ3n) is 5.41. The van der Waals surface area contributed by atoms with Gasteiger partial charge in [-0.3, -0.25) is 4.90 Å². The molecule has 0 aromatic heterocycles. The molecule has 31 heavy (non-hydrogen) atoms. The van der Waals surface area contributed by atoms with Gasteiger partial charge in [0, 0.05) is 30.4 Å². The van der Waals surface area contributed by atoms with Gasteiger partial charge < -0.3 is 14.5 Å². The van der Waals surface area contributed by atoms with Gasteiger partial charge in [-0.05, 0) is 50.8 Å². The van der Waals surface area contributed by atoms with Crippen LogP contribution in [0.3, 0.4) is 0 Å². The molecule has 2 aromatic carbocycles. The third-order valence-corrected chi connectivity index (χ3v) is 5.70. The zero-order valence-corrected chi connectivity index (χ0v) is 18.3. The van der Waals surface area contributed by atoms with Crippen molar-refractivity contribution in [1.29, 1.82) is 0 Å². The van der Waals surface area contributed by atoms with Crippen molar-refractivity contribution in [3.05, 3.63) is 64.2 Å². The van der Waals surface area contributed by atoms with Crippen LogP contribution < -0.4 is 4.90 Å². The van der Waals surface area contributed by atoms with Crippen molar-refractivity contribution < 1.29 is 23.1 Å². The van der Waals surface area contributed by atoms with Gasteiger partial charge in [-0.15, -0.1) is 0 Å². The summed E-state index contributed by atoms with van der Waals surface area (Å²) >= 11 is 5.93. The lowest BCUT2D eigenvalue weighted by Gasteiger charge is -2.29. The summed E-state index contributed by atoms with van der Waals surface area (Å²) in [7, 11) is 5.12. The average Bonchev–Trinajstić information content (AvgIpc) is 3.24. The molecule has 166 valence electrons. The van der Waals surface area contributed by atoms with Gasteiger partial charge in [0.1, 0.15) is 11.6 Å². The van der Waals surface area contributed by atoms with Gasteiger partial charge in [0.15, 0.2) is 0 Å². The van der Waals surface area contributed by atoms with E-state index in [1.54, 1.807) is 4.90 Å². The summed E-state index contributed by atoms with van der Waals surface area (Å²) in [6.07, 6.45) is 0.818. The SMILES string of the molecule is COC(=O)c1ccc(CN(C(=O)N2CC[C@H](N(C)C)C2)c2ccc(F)c(Cl)c2)c(F)c1. The number of esters is 1. The predicted molar refractivity (Wildman–Crippen MR) is 114 cm³/mol. The minimum Gasteiger partial charge on any atom is -0.465 e. The van der Waals surface area contributed by atoms with E-state index in [4.69, 9.17) is 11.6 Å². The number of urea groups is 1. The van der Waals surface area contributed by atoms with Crippen LogP contribution >= 0.6 is 11.6 Å². The Bertz CT molecular complexity index is 986. The highest BCUT2D eigenvalue weighted by molar-refractivity contribution is 6.31. The average molecular weight is 452 g/mol. The highest BCUT2D eigenvalue weighted by atomic mass is 35.5. The highest BCUT2D eigenvalue weighted by Crippen LogP contribution is 2.27. The van der Waals surface area contributed by atoms with E-state index in [0.29, 0.717) is 18.8 Å². The normalized spacial score (nSPS) is 16.0. The number of methoxy groups -OCH3 is 1. The van der Waals surface area contributed by atoms with Crippen LogP contribution in [0.15, 0.2) is 36.4 Å². The number of hydrogen-bond acceptors (Lipinski definition) is 4.